The number of amides is 2. The van der Waals surface area contributed by atoms with Crippen molar-refractivity contribution in [3.05, 3.63) is 114 Å². The maximum Gasteiger partial charge on any atom is 0.340 e. The van der Waals surface area contributed by atoms with Gasteiger partial charge in [-0.2, -0.15) is 5.10 Å². The Morgan fingerprint density at radius 1 is 0.973 bits per heavy atom. The van der Waals surface area contributed by atoms with Gasteiger partial charge in [0.25, 0.3) is 11.8 Å². The summed E-state index contributed by atoms with van der Waals surface area (Å²) >= 11 is 0. The average Bonchev–Trinajstić information content (AvgIpc) is 3.69. The SMILES string of the molecule is Cc1ccc(C2=NN(C(=O)COC(=O)c3ccccc3NC(=O)c3ccco3)C(c3ccco3)C2)cc1. The molecule has 1 N–H and O–H groups in total. The number of benzene rings is 2. The van der Waals surface area contributed by atoms with Crippen LogP contribution in [0, 0.1) is 6.92 Å². The lowest BCUT2D eigenvalue weighted by Crippen LogP contribution is -2.31. The Morgan fingerprint density at radius 3 is 2.46 bits per heavy atom. The second kappa shape index (κ2) is 10.4. The van der Waals surface area contributed by atoms with Gasteiger partial charge in [-0.15, -0.1) is 0 Å². The Bertz CT molecular complexity index is 1440. The molecule has 5 rings (SSSR count). The zero-order valence-electron chi connectivity index (χ0n) is 19.9. The Hall–Kier alpha value is -4.92. The fourth-order valence-electron chi connectivity index (χ4n) is 4.00. The number of anilines is 1. The summed E-state index contributed by atoms with van der Waals surface area (Å²) in [7, 11) is 0. The quantitative estimate of drug-likeness (QED) is 0.361. The van der Waals surface area contributed by atoms with Crippen molar-refractivity contribution < 1.29 is 28.0 Å². The molecule has 2 amide bonds. The molecule has 37 heavy (non-hydrogen) atoms. The number of hydrogen-bond donors (Lipinski definition) is 1. The van der Waals surface area contributed by atoms with Crippen LogP contribution >= 0.6 is 0 Å². The Kier molecular flexibility index (Phi) is 6.67. The van der Waals surface area contributed by atoms with Gasteiger partial charge in [0.05, 0.1) is 29.5 Å². The summed E-state index contributed by atoms with van der Waals surface area (Å²) in [6.07, 6.45) is 3.37. The molecule has 3 heterocycles. The van der Waals surface area contributed by atoms with Gasteiger partial charge in [-0.1, -0.05) is 42.0 Å². The van der Waals surface area contributed by atoms with E-state index in [4.69, 9.17) is 13.6 Å². The number of hydrazone groups is 1. The molecule has 1 aliphatic rings. The van der Waals surface area contributed by atoms with Gasteiger partial charge >= 0.3 is 5.97 Å². The third-order valence-electron chi connectivity index (χ3n) is 5.89. The van der Waals surface area contributed by atoms with Crippen LogP contribution in [0.1, 0.15) is 50.3 Å². The Morgan fingerprint density at radius 2 is 1.73 bits per heavy atom. The lowest BCUT2D eigenvalue weighted by molar-refractivity contribution is -0.136. The van der Waals surface area contributed by atoms with E-state index in [1.54, 1.807) is 36.4 Å². The number of nitrogens with one attached hydrogen (secondary N) is 1. The summed E-state index contributed by atoms with van der Waals surface area (Å²) in [5.74, 6) is -1.11. The summed E-state index contributed by atoms with van der Waals surface area (Å²) in [5, 5.41) is 8.47. The smallest absolute Gasteiger partial charge is 0.340 e. The van der Waals surface area contributed by atoms with E-state index in [0.717, 1.165) is 16.8 Å². The van der Waals surface area contributed by atoms with Crippen molar-refractivity contribution in [3.63, 3.8) is 0 Å². The molecule has 0 fully saturated rings. The zero-order chi connectivity index (χ0) is 25.8. The number of ether oxygens (including phenoxy) is 1. The minimum absolute atomic E-state index is 0.0959. The normalized spacial score (nSPS) is 14.8. The number of furan rings is 2. The summed E-state index contributed by atoms with van der Waals surface area (Å²) in [6.45, 7) is 1.46. The van der Waals surface area contributed by atoms with E-state index in [0.29, 0.717) is 12.2 Å². The highest BCUT2D eigenvalue weighted by Crippen LogP contribution is 2.33. The minimum atomic E-state index is -0.764. The van der Waals surface area contributed by atoms with Crippen LogP contribution in [0.25, 0.3) is 0 Å². The molecule has 0 bridgehead atoms. The van der Waals surface area contributed by atoms with Gasteiger partial charge in [-0.25, -0.2) is 9.80 Å². The number of rotatable bonds is 7. The molecule has 1 unspecified atom stereocenters. The van der Waals surface area contributed by atoms with Crippen LogP contribution in [-0.4, -0.2) is 35.1 Å². The first-order chi connectivity index (χ1) is 18.0. The van der Waals surface area contributed by atoms with E-state index in [9.17, 15) is 14.4 Å². The molecule has 0 radical (unpaired) electrons. The number of hydrogen-bond acceptors (Lipinski definition) is 7. The second-order valence-corrected chi connectivity index (χ2v) is 8.44. The number of carbonyl (C=O) groups excluding carboxylic acids is 3. The van der Waals surface area contributed by atoms with Crippen molar-refractivity contribution in [2.45, 2.75) is 19.4 Å². The summed E-state index contributed by atoms with van der Waals surface area (Å²) in [4.78, 5) is 38.4. The van der Waals surface area contributed by atoms with Gasteiger partial charge in [0.15, 0.2) is 12.4 Å². The summed E-state index contributed by atoms with van der Waals surface area (Å²) < 4.78 is 16.0. The number of carbonyl (C=O) groups is 3. The van der Waals surface area contributed by atoms with Crippen LogP contribution in [0.3, 0.4) is 0 Å². The monoisotopic (exact) mass is 497 g/mol. The third-order valence-corrected chi connectivity index (χ3v) is 5.89. The van der Waals surface area contributed by atoms with Crippen LogP contribution in [-0.2, 0) is 9.53 Å². The van der Waals surface area contributed by atoms with Crippen LogP contribution in [0.5, 0.6) is 0 Å². The van der Waals surface area contributed by atoms with Crippen molar-refractivity contribution in [3.8, 4) is 0 Å². The molecule has 4 aromatic rings. The highest BCUT2D eigenvalue weighted by molar-refractivity contribution is 6.07. The second-order valence-electron chi connectivity index (χ2n) is 8.44. The van der Waals surface area contributed by atoms with Crippen LogP contribution in [0.4, 0.5) is 5.69 Å². The van der Waals surface area contributed by atoms with Crippen LogP contribution in [0.2, 0.25) is 0 Å². The van der Waals surface area contributed by atoms with E-state index < -0.39 is 30.4 Å². The predicted octanol–water partition coefficient (Wildman–Crippen LogP) is 4.97. The molecular weight excluding hydrogens is 474 g/mol. The standard InChI is InChI=1S/C28H23N3O6/c1-18-10-12-19(13-11-18)22-16-23(24-8-4-14-35-24)31(30-22)26(32)17-37-28(34)20-6-2-3-7-21(20)29-27(33)25-9-5-15-36-25/h2-15,23H,16-17H2,1H3,(H,29,33). The first-order valence-corrected chi connectivity index (χ1v) is 11.6. The highest BCUT2D eigenvalue weighted by Gasteiger charge is 2.35. The van der Waals surface area contributed by atoms with Gasteiger partial charge in [-0.3, -0.25) is 9.59 Å². The van der Waals surface area contributed by atoms with Crippen molar-refractivity contribution >= 4 is 29.2 Å². The number of para-hydroxylation sites is 1. The van der Waals surface area contributed by atoms with Gasteiger partial charge in [0, 0.05) is 6.42 Å². The Labute approximate surface area is 212 Å². The Balaban J connectivity index is 1.30. The first kappa shape index (κ1) is 23.8. The van der Waals surface area contributed by atoms with Gasteiger partial charge in [0.1, 0.15) is 11.8 Å². The van der Waals surface area contributed by atoms with Crippen molar-refractivity contribution in [1.29, 1.82) is 0 Å². The zero-order valence-corrected chi connectivity index (χ0v) is 19.9. The largest absolute Gasteiger partial charge is 0.467 e. The molecule has 1 atom stereocenters. The number of esters is 1. The molecule has 186 valence electrons. The lowest BCUT2D eigenvalue weighted by Gasteiger charge is -2.19. The van der Waals surface area contributed by atoms with E-state index in [2.05, 4.69) is 10.4 Å². The van der Waals surface area contributed by atoms with Crippen LogP contribution < -0.4 is 5.32 Å². The van der Waals surface area contributed by atoms with Crippen LogP contribution in [0.15, 0.2) is 99.3 Å². The van der Waals surface area contributed by atoms with Crippen molar-refractivity contribution in [1.82, 2.24) is 5.01 Å². The van der Waals surface area contributed by atoms with E-state index in [1.165, 1.54) is 29.7 Å². The van der Waals surface area contributed by atoms with E-state index >= 15 is 0 Å². The van der Waals surface area contributed by atoms with Crippen molar-refractivity contribution in [2.75, 3.05) is 11.9 Å². The number of nitrogens with zero attached hydrogens (tertiary/aromatic N) is 2. The minimum Gasteiger partial charge on any atom is -0.467 e. The predicted molar refractivity (Wildman–Crippen MR) is 134 cm³/mol. The topological polar surface area (TPSA) is 114 Å². The molecule has 0 spiro atoms. The fourth-order valence-corrected chi connectivity index (χ4v) is 4.00. The molecule has 2 aromatic carbocycles. The third kappa shape index (κ3) is 5.20. The van der Waals surface area contributed by atoms with Crippen molar-refractivity contribution in [2.24, 2.45) is 5.10 Å². The van der Waals surface area contributed by atoms with Gasteiger partial charge in [-0.05, 0) is 48.9 Å². The highest BCUT2D eigenvalue weighted by atomic mass is 16.5. The van der Waals surface area contributed by atoms with E-state index in [1.807, 2.05) is 31.2 Å². The summed E-state index contributed by atoms with van der Waals surface area (Å²) in [6, 6.07) is 20.4. The number of aryl methyl sites for hydroxylation is 1. The maximum absolute atomic E-state index is 13.2. The molecule has 0 saturated carbocycles. The van der Waals surface area contributed by atoms with Gasteiger partial charge < -0.3 is 18.9 Å². The maximum atomic E-state index is 13.2. The summed E-state index contributed by atoms with van der Waals surface area (Å²) in [5.41, 5.74) is 3.08. The van der Waals surface area contributed by atoms with Gasteiger partial charge in [0.2, 0.25) is 0 Å². The molecule has 0 aliphatic carbocycles. The average molecular weight is 498 g/mol. The molecule has 2 aromatic heterocycles. The lowest BCUT2D eigenvalue weighted by atomic mass is 10.0. The molecule has 9 nitrogen and oxygen atoms in total. The molecule has 9 heteroatoms. The van der Waals surface area contributed by atoms with E-state index in [-0.39, 0.29) is 17.0 Å². The molecular formula is C28H23N3O6. The molecule has 0 saturated heterocycles. The molecule has 1 aliphatic heterocycles. The fraction of sp³-hybridized carbons (Fsp3) is 0.143. The first-order valence-electron chi connectivity index (χ1n) is 11.6.